The van der Waals surface area contributed by atoms with Gasteiger partial charge in [0.2, 0.25) is 11.4 Å². The lowest BCUT2D eigenvalue weighted by molar-refractivity contribution is -0.195. The van der Waals surface area contributed by atoms with Crippen LogP contribution in [0.1, 0.15) is 47.0 Å². The molecule has 0 aliphatic carbocycles. The van der Waals surface area contributed by atoms with Crippen LogP contribution in [0.15, 0.2) is 11.3 Å². The molecular weight excluding hydrogens is 365 g/mol. The lowest BCUT2D eigenvalue weighted by atomic mass is 9.86. The Labute approximate surface area is 156 Å². The number of hydrogen-bond acceptors (Lipinski definition) is 4. The van der Waals surface area contributed by atoms with Crippen LogP contribution in [0.5, 0.6) is 0 Å². The smallest absolute Gasteiger partial charge is 0.376 e. The van der Waals surface area contributed by atoms with Gasteiger partial charge in [0.15, 0.2) is 5.78 Å². The number of allylic oxidation sites excluding steroid dienone is 1. The zero-order valence-corrected chi connectivity index (χ0v) is 15.9. The monoisotopic (exact) mass is 390 g/mol. The first-order valence-corrected chi connectivity index (χ1v) is 8.95. The predicted molar refractivity (Wildman–Crippen MR) is 90.5 cm³/mol. The molecule has 0 bridgehead atoms. The third-order valence-corrected chi connectivity index (χ3v) is 4.82. The molecule has 0 saturated carbocycles. The van der Waals surface area contributed by atoms with Gasteiger partial charge in [-0.2, -0.15) is 13.2 Å². The van der Waals surface area contributed by atoms with E-state index in [0.29, 0.717) is 13.0 Å². The Balaban J connectivity index is 2.50. The molecule has 0 aromatic carbocycles. The van der Waals surface area contributed by atoms with Gasteiger partial charge in [-0.25, -0.2) is 0 Å². The first-order valence-electron chi connectivity index (χ1n) is 8.95. The molecule has 1 N–H and O–H groups in total. The molecule has 0 spiro atoms. The van der Waals surface area contributed by atoms with E-state index in [-0.39, 0.29) is 24.6 Å². The average Bonchev–Trinajstić information content (AvgIpc) is 3.07. The number of carbonyl (C=O) groups excluding carboxylic acids is 3. The topological polar surface area (TPSA) is 75.7 Å². The molecule has 0 aromatic heterocycles. The van der Waals surface area contributed by atoms with Crippen molar-refractivity contribution in [1.82, 2.24) is 10.2 Å². The summed E-state index contributed by atoms with van der Waals surface area (Å²) < 4.78 is 47.9. The summed E-state index contributed by atoms with van der Waals surface area (Å²) in [7, 11) is 0. The van der Waals surface area contributed by atoms with Crippen LogP contribution < -0.4 is 5.32 Å². The Bertz CT molecular complexity index is 666. The van der Waals surface area contributed by atoms with Crippen molar-refractivity contribution in [2.45, 2.75) is 64.8 Å². The van der Waals surface area contributed by atoms with Gasteiger partial charge in [-0.05, 0) is 32.6 Å². The molecular formula is C18H25F3N2O4. The highest BCUT2D eigenvalue weighted by molar-refractivity contribution is 6.12. The third-order valence-electron chi connectivity index (χ3n) is 4.82. The van der Waals surface area contributed by atoms with Gasteiger partial charge in [0.05, 0.1) is 18.2 Å². The second-order valence-corrected chi connectivity index (χ2v) is 7.46. The Morgan fingerprint density at radius 2 is 2.00 bits per heavy atom. The van der Waals surface area contributed by atoms with Gasteiger partial charge in [0.25, 0.3) is 5.91 Å². The number of ketones is 1. The minimum absolute atomic E-state index is 0.0840. The van der Waals surface area contributed by atoms with Crippen molar-refractivity contribution in [3.8, 4) is 0 Å². The molecule has 2 atom stereocenters. The Morgan fingerprint density at radius 1 is 1.37 bits per heavy atom. The number of hydrogen-bond donors (Lipinski definition) is 1. The largest absolute Gasteiger partial charge is 0.425 e. The van der Waals surface area contributed by atoms with Crippen molar-refractivity contribution < 1.29 is 32.3 Å². The zero-order valence-electron chi connectivity index (χ0n) is 15.9. The van der Waals surface area contributed by atoms with Crippen molar-refractivity contribution in [2.75, 3.05) is 13.2 Å². The molecule has 1 saturated heterocycles. The number of rotatable bonds is 6. The van der Waals surface area contributed by atoms with E-state index in [1.165, 1.54) is 6.92 Å². The lowest BCUT2D eigenvalue weighted by Gasteiger charge is -2.33. The maximum atomic E-state index is 14.2. The highest BCUT2D eigenvalue weighted by atomic mass is 19.4. The van der Waals surface area contributed by atoms with Gasteiger partial charge in [-0.15, -0.1) is 0 Å². The van der Waals surface area contributed by atoms with Crippen LogP contribution in [0.4, 0.5) is 13.2 Å². The van der Waals surface area contributed by atoms with Crippen LogP contribution in [0.3, 0.4) is 0 Å². The van der Waals surface area contributed by atoms with Crippen LogP contribution in [0.25, 0.3) is 0 Å². The van der Waals surface area contributed by atoms with E-state index in [9.17, 15) is 27.6 Å². The fourth-order valence-electron chi connectivity index (χ4n) is 3.68. The van der Waals surface area contributed by atoms with Crippen LogP contribution in [0.2, 0.25) is 0 Å². The van der Waals surface area contributed by atoms with Crippen LogP contribution in [-0.4, -0.2) is 53.5 Å². The molecule has 1 fully saturated rings. The highest BCUT2D eigenvalue weighted by Crippen LogP contribution is 2.45. The minimum Gasteiger partial charge on any atom is -0.376 e. The van der Waals surface area contributed by atoms with Crippen molar-refractivity contribution >= 4 is 17.6 Å². The van der Waals surface area contributed by atoms with E-state index in [0.717, 1.165) is 18.2 Å². The van der Waals surface area contributed by atoms with Gasteiger partial charge < -0.3 is 15.0 Å². The number of ether oxygens (including phenoxy) is 1. The maximum Gasteiger partial charge on any atom is 0.425 e. The zero-order chi connectivity index (χ0) is 20.6. The molecule has 2 amide bonds. The third kappa shape index (κ3) is 3.88. The molecule has 152 valence electrons. The normalized spacial score (nSPS) is 26.3. The summed E-state index contributed by atoms with van der Waals surface area (Å²) in [6.07, 6.45) is -4.38. The summed E-state index contributed by atoms with van der Waals surface area (Å²) in [5, 5.41) is 1.86. The Morgan fingerprint density at radius 3 is 2.44 bits per heavy atom. The molecule has 2 rings (SSSR count). The number of amides is 2. The van der Waals surface area contributed by atoms with E-state index < -0.39 is 41.0 Å². The summed E-state index contributed by atoms with van der Waals surface area (Å²) >= 11 is 0. The molecule has 0 unspecified atom stereocenters. The van der Waals surface area contributed by atoms with Gasteiger partial charge in [-0.1, -0.05) is 13.8 Å². The fraction of sp³-hybridized carbons (Fsp3) is 0.722. The van der Waals surface area contributed by atoms with Crippen LogP contribution in [0, 0.1) is 5.92 Å². The number of carbonyl (C=O) groups is 3. The Kier molecular flexibility index (Phi) is 6.03. The van der Waals surface area contributed by atoms with Crippen molar-refractivity contribution in [3.05, 3.63) is 11.3 Å². The average molecular weight is 390 g/mol. The number of halogens is 3. The molecule has 2 aliphatic rings. The number of nitrogens with zero attached hydrogens (tertiary/aromatic N) is 1. The summed E-state index contributed by atoms with van der Waals surface area (Å²) in [5.74, 6) is -3.40. The molecule has 2 aliphatic heterocycles. The van der Waals surface area contributed by atoms with Crippen molar-refractivity contribution in [2.24, 2.45) is 5.92 Å². The van der Waals surface area contributed by atoms with E-state index in [2.05, 4.69) is 0 Å². The molecule has 6 nitrogen and oxygen atoms in total. The summed E-state index contributed by atoms with van der Waals surface area (Å²) in [6, 6.07) is 0. The molecule has 0 aromatic rings. The summed E-state index contributed by atoms with van der Waals surface area (Å²) in [5.41, 5.74) is -4.17. The van der Waals surface area contributed by atoms with Gasteiger partial charge >= 0.3 is 6.18 Å². The van der Waals surface area contributed by atoms with E-state index in [1.807, 2.05) is 5.32 Å². The van der Waals surface area contributed by atoms with E-state index >= 15 is 0 Å². The van der Waals surface area contributed by atoms with Gasteiger partial charge in [0, 0.05) is 18.7 Å². The Hall–Kier alpha value is -1.90. The molecule has 9 heteroatoms. The van der Waals surface area contributed by atoms with Crippen LogP contribution in [-0.2, 0) is 19.1 Å². The second kappa shape index (κ2) is 7.61. The van der Waals surface area contributed by atoms with Crippen molar-refractivity contribution in [3.63, 3.8) is 0 Å². The molecule has 2 heterocycles. The van der Waals surface area contributed by atoms with Gasteiger partial charge in [-0.3, -0.25) is 14.4 Å². The van der Waals surface area contributed by atoms with Crippen molar-refractivity contribution in [1.29, 1.82) is 0 Å². The highest BCUT2D eigenvalue weighted by Gasteiger charge is 2.69. The van der Waals surface area contributed by atoms with E-state index in [4.69, 9.17) is 4.74 Å². The maximum absolute atomic E-state index is 14.2. The number of nitrogens with one attached hydrogen (secondary N) is 1. The quantitative estimate of drug-likeness (QED) is 0.755. The van der Waals surface area contributed by atoms with Gasteiger partial charge in [0.1, 0.15) is 0 Å². The second-order valence-electron chi connectivity index (χ2n) is 7.46. The number of Topliss-reactive ketones (excluding diaryl/α,β-unsaturated/α-hetero) is 1. The molecule has 27 heavy (non-hydrogen) atoms. The lowest BCUT2D eigenvalue weighted by Crippen LogP contribution is -2.66. The summed E-state index contributed by atoms with van der Waals surface area (Å²) in [4.78, 5) is 38.2. The first kappa shape index (κ1) is 21.4. The predicted octanol–water partition coefficient (Wildman–Crippen LogP) is 2.33. The van der Waals surface area contributed by atoms with Crippen LogP contribution >= 0.6 is 0 Å². The minimum atomic E-state index is -5.16. The summed E-state index contributed by atoms with van der Waals surface area (Å²) in [6.45, 7) is 6.01. The fourth-order valence-corrected chi connectivity index (χ4v) is 3.68. The number of alkyl halides is 3. The standard InChI is InChI=1S/C18H25F3N2O4/c1-10(2)8-14(25)22-17(18(19,20)21)15(12(4)24)11(3)23(16(17)26)9-13-6-5-7-27-13/h10,13H,5-9H2,1-4H3,(H,22,25)/t13-,17-/m0/s1. The van der Waals surface area contributed by atoms with E-state index in [1.54, 1.807) is 13.8 Å². The SMILES string of the molecule is CC(=O)C1=C(C)N(C[C@@H]2CCCO2)C(=O)[C@]1(NC(=O)CC(C)C)C(F)(F)F. The molecule has 0 radical (unpaired) electrons. The first-order chi connectivity index (χ1) is 12.4.